The van der Waals surface area contributed by atoms with Gasteiger partial charge in [0.1, 0.15) is 0 Å². The molecule has 1 aromatic heterocycles. The van der Waals surface area contributed by atoms with E-state index in [0.717, 1.165) is 31.7 Å². The molecule has 1 aliphatic heterocycles. The minimum atomic E-state index is -0.0731. The molecule has 20 heavy (non-hydrogen) atoms. The Morgan fingerprint density at radius 3 is 3.10 bits per heavy atom. The van der Waals surface area contributed by atoms with E-state index in [9.17, 15) is 4.79 Å². The molecule has 0 radical (unpaired) electrons. The molecule has 3 N–H and O–H groups in total. The number of hydrazine groups is 1. The van der Waals surface area contributed by atoms with Gasteiger partial charge in [-0.25, -0.2) is 0 Å². The zero-order valence-corrected chi connectivity index (χ0v) is 12.1. The molecule has 0 spiro atoms. The first kappa shape index (κ1) is 14.7. The largest absolute Gasteiger partial charge is 0.381 e. The number of pyridine rings is 1. The third-order valence-corrected chi connectivity index (χ3v) is 3.56. The van der Waals surface area contributed by atoms with Gasteiger partial charge < -0.3 is 15.1 Å². The second-order valence-corrected chi connectivity index (χ2v) is 5.28. The lowest BCUT2D eigenvalue weighted by Crippen LogP contribution is -2.35. The Hall–Kier alpha value is -1.66. The fourth-order valence-corrected chi connectivity index (χ4v) is 2.48. The van der Waals surface area contributed by atoms with Gasteiger partial charge in [0.25, 0.3) is 5.91 Å². The first-order valence-corrected chi connectivity index (χ1v) is 6.88. The Labute approximate surface area is 119 Å². The summed E-state index contributed by atoms with van der Waals surface area (Å²) in [5.74, 6) is 5.81. The Bertz CT molecular complexity index is 472. The smallest absolute Gasteiger partial charge is 0.257 e. The van der Waals surface area contributed by atoms with Crippen molar-refractivity contribution in [1.29, 1.82) is 0 Å². The molecule has 0 bridgehead atoms. The van der Waals surface area contributed by atoms with Crippen molar-refractivity contribution in [3.63, 3.8) is 0 Å². The average molecular weight is 278 g/mol. The van der Waals surface area contributed by atoms with E-state index in [1.54, 1.807) is 24.2 Å². The van der Waals surface area contributed by atoms with Crippen molar-refractivity contribution in [3.8, 4) is 0 Å². The molecule has 6 nitrogen and oxygen atoms in total. The summed E-state index contributed by atoms with van der Waals surface area (Å²) in [4.78, 5) is 18.3. The van der Waals surface area contributed by atoms with Gasteiger partial charge >= 0.3 is 0 Å². The van der Waals surface area contributed by atoms with Gasteiger partial charge in [-0.15, -0.1) is 0 Å². The number of hydrogen-bond donors (Lipinski definition) is 2. The first-order valence-electron chi connectivity index (χ1n) is 6.88. The fourth-order valence-electron chi connectivity index (χ4n) is 2.48. The van der Waals surface area contributed by atoms with Crippen LogP contribution in [0.4, 0.5) is 5.69 Å². The molecular weight excluding hydrogens is 256 g/mol. The molecule has 0 aromatic carbocycles. The van der Waals surface area contributed by atoms with Crippen molar-refractivity contribution >= 4 is 11.6 Å². The minimum Gasteiger partial charge on any atom is -0.381 e. The number of aromatic nitrogens is 1. The van der Waals surface area contributed by atoms with E-state index < -0.39 is 0 Å². The summed E-state index contributed by atoms with van der Waals surface area (Å²) < 4.78 is 5.45. The van der Waals surface area contributed by atoms with Gasteiger partial charge in [-0.1, -0.05) is 0 Å². The van der Waals surface area contributed by atoms with Crippen LogP contribution in [0.1, 0.15) is 28.9 Å². The van der Waals surface area contributed by atoms with Crippen molar-refractivity contribution < 1.29 is 9.53 Å². The number of amides is 1. The van der Waals surface area contributed by atoms with Crippen LogP contribution in [0.2, 0.25) is 0 Å². The summed E-state index contributed by atoms with van der Waals surface area (Å²) in [6, 6.07) is 1.77. The Balaban J connectivity index is 2.05. The van der Waals surface area contributed by atoms with E-state index >= 15 is 0 Å². The van der Waals surface area contributed by atoms with Crippen molar-refractivity contribution in [1.82, 2.24) is 9.88 Å². The number of nitrogens with zero attached hydrogens (tertiary/aromatic N) is 2. The Kier molecular flexibility index (Phi) is 4.92. The van der Waals surface area contributed by atoms with E-state index in [1.165, 1.54) is 0 Å². The number of carbonyl (C=O) groups excluding carboxylic acids is 1. The van der Waals surface area contributed by atoms with Gasteiger partial charge in [0.05, 0.1) is 17.9 Å². The molecular formula is C14H22N4O2. The number of carbonyl (C=O) groups is 1. The monoisotopic (exact) mass is 278 g/mol. The van der Waals surface area contributed by atoms with E-state index in [2.05, 4.69) is 10.4 Å². The van der Waals surface area contributed by atoms with Crippen molar-refractivity contribution in [3.05, 3.63) is 23.5 Å². The molecule has 6 heteroatoms. The maximum atomic E-state index is 12.5. The molecule has 1 atom stereocenters. The van der Waals surface area contributed by atoms with E-state index in [0.29, 0.717) is 23.7 Å². The molecule has 1 fully saturated rings. The first-order chi connectivity index (χ1) is 9.61. The van der Waals surface area contributed by atoms with Gasteiger partial charge in [0.2, 0.25) is 0 Å². The summed E-state index contributed by atoms with van der Waals surface area (Å²) in [7, 11) is 1.80. The molecule has 1 unspecified atom stereocenters. The summed E-state index contributed by atoms with van der Waals surface area (Å²) >= 11 is 0. The maximum absolute atomic E-state index is 12.5. The van der Waals surface area contributed by atoms with Gasteiger partial charge in [0, 0.05) is 32.1 Å². The molecule has 110 valence electrons. The zero-order chi connectivity index (χ0) is 14.5. The summed E-state index contributed by atoms with van der Waals surface area (Å²) in [6.45, 7) is 4.11. The fraction of sp³-hybridized carbons (Fsp3) is 0.571. The van der Waals surface area contributed by atoms with Gasteiger partial charge in [-0.3, -0.25) is 15.6 Å². The second kappa shape index (κ2) is 6.67. The number of ether oxygens (including phenoxy) is 1. The Morgan fingerprint density at radius 1 is 1.65 bits per heavy atom. The van der Waals surface area contributed by atoms with Gasteiger partial charge in [-0.05, 0) is 31.7 Å². The molecule has 0 aliphatic carbocycles. The molecule has 0 saturated carbocycles. The molecule has 1 aliphatic rings. The maximum Gasteiger partial charge on any atom is 0.257 e. The van der Waals surface area contributed by atoms with Crippen LogP contribution in [0.3, 0.4) is 0 Å². The number of aryl methyl sites for hydroxylation is 1. The Morgan fingerprint density at radius 2 is 2.45 bits per heavy atom. The molecule has 2 rings (SSSR count). The highest BCUT2D eigenvalue weighted by Crippen LogP contribution is 2.19. The lowest BCUT2D eigenvalue weighted by Gasteiger charge is -2.27. The number of nitrogens with one attached hydrogen (secondary N) is 1. The number of nitrogens with two attached hydrogens (primary N) is 1. The predicted octanol–water partition coefficient (Wildman–Crippen LogP) is 1.17. The summed E-state index contributed by atoms with van der Waals surface area (Å²) in [5.41, 5.74) is 4.48. The highest BCUT2D eigenvalue weighted by atomic mass is 16.5. The van der Waals surface area contributed by atoms with Gasteiger partial charge in [0.15, 0.2) is 0 Å². The molecule has 1 aromatic rings. The highest BCUT2D eigenvalue weighted by molar-refractivity contribution is 5.99. The summed E-state index contributed by atoms with van der Waals surface area (Å²) in [5, 5.41) is 0. The van der Waals surface area contributed by atoms with Crippen LogP contribution in [0.5, 0.6) is 0 Å². The summed E-state index contributed by atoms with van der Waals surface area (Å²) in [6.07, 6.45) is 3.74. The van der Waals surface area contributed by atoms with Crippen molar-refractivity contribution in [2.24, 2.45) is 11.8 Å². The van der Waals surface area contributed by atoms with Crippen LogP contribution >= 0.6 is 0 Å². The normalized spacial score (nSPS) is 18.6. The third-order valence-electron chi connectivity index (χ3n) is 3.56. The molecule has 2 heterocycles. The van der Waals surface area contributed by atoms with Crippen molar-refractivity contribution in [2.75, 3.05) is 32.2 Å². The third kappa shape index (κ3) is 3.46. The number of rotatable bonds is 4. The topological polar surface area (TPSA) is 80.5 Å². The van der Waals surface area contributed by atoms with E-state index in [4.69, 9.17) is 10.6 Å². The number of nitrogen functional groups attached to an aromatic ring is 1. The second-order valence-electron chi connectivity index (χ2n) is 5.28. The van der Waals surface area contributed by atoms with Crippen LogP contribution in [-0.2, 0) is 4.74 Å². The lowest BCUT2D eigenvalue weighted by molar-refractivity contribution is 0.0388. The quantitative estimate of drug-likeness (QED) is 0.638. The van der Waals surface area contributed by atoms with Crippen LogP contribution < -0.4 is 11.3 Å². The minimum absolute atomic E-state index is 0.0731. The van der Waals surface area contributed by atoms with E-state index in [1.807, 2.05) is 6.92 Å². The highest BCUT2D eigenvalue weighted by Gasteiger charge is 2.21. The van der Waals surface area contributed by atoms with Crippen LogP contribution in [-0.4, -0.2) is 42.6 Å². The molecule has 1 amide bonds. The lowest BCUT2D eigenvalue weighted by atomic mass is 10.0. The van der Waals surface area contributed by atoms with Crippen LogP contribution in [0.15, 0.2) is 12.3 Å². The average Bonchev–Trinajstić information content (AvgIpc) is 2.47. The predicted molar refractivity (Wildman–Crippen MR) is 77.3 cm³/mol. The number of anilines is 1. The SMILES string of the molecule is Cc1cc(NN)c(C(=O)N(C)CC2CCCOC2)cn1. The van der Waals surface area contributed by atoms with Crippen molar-refractivity contribution in [2.45, 2.75) is 19.8 Å². The van der Waals surface area contributed by atoms with Gasteiger partial charge in [-0.2, -0.15) is 0 Å². The van der Waals surface area contributed by atoms with E-state index in [-0.39, 0.29) is 5.91 Å². The number of hydrogen-bond acceptors (Lipinski definition) is 5. The standard InChI is InChI=1S/C14H22N4O2/c1-10-6-13(17-15)12(7-16-10)14(19)18(2)8-11-4-3-5-20-9-11/h6-7,11H,3-5,8-9,15H2,1-2H3,(H,16,17). The molecule has 1 saturated heterocycles. The van der Waals surface area contributed by atoms with Crippen LogP contribution in [0, 0.1) is 12.8 Å². The zero-order valence-electron chi connectivity index (χ0n) is 12.1. The van der Waals surface area contributed by atoms with Crippen LogP contribution in [0.25, 0.3) is 0 Å².